The number of rotatable bonds is 6. The van der Waals surface area contributed by atoms with Crippen LogP contribution in [0.3, 0.4) is 0 Å². The highest BCUT2D eigenvalue weighted by Crippen LogP contribution is 2.27. The van der Waals surface area contributed by atoms with Gasteiger partial charge in [-0.3, -0.25) is 25.0 Å². The largest absolute Gasteiger partial charge is 0.377 e. The van der Waals surface area contributed by atoms with E-state index in [9.17, 15) is 25.0 Å². The number of carbonyl (C=O) groups excluding carboxylic acids is 1. The van der Waals surface area contributed by atoms with E-state index in [-0.39, 0.29) is 29.3 Å². The fraction of sp³-hybridized carbons (Fsp3) is 0.0714. The Morgan fingerprint density at radius 3 is 2.30 bits per heavy atom. The molecule has 0 fully saturated rings. The Labute approximate surface area is 138 Å². The summed E-state index contributed by atoms with van der Waals surface area (Å²) in [7, 11) is 0. The number of nitro groups is 2. The van der Waals surface area contributed by atoms with Gasteiger partial charge in [0.05, 0.1) is 16.4 Å². The van der Waals surface area contributed by atoms with Gasteiger partial charge in [0.1, 0.15) is 0 Å². The van der Waals surface area contributed by atoms with Gasteiger partial charge in [0, 0.05) is 40.0 Å². The lowest BCUT2D eigenvalue weighted by Gasteiger charge is -2.08. The monoisotopic (exact) mass is 379 g/mol. The molecule has 0 aliphatic rings. The van der Waals surface area contributed by atoms with Crippen molar-refractivity contribution in [2.45, 2.75) is 0 Å². The summed E-state index contributed by atoms with van der Waals surface area (Å²) in [6.45, 7) is -0.0996. The molecule has 0 radical (unpaired) electrons. The molecule has 0 atom stereocenters. The van der Waals surface area contributed by atoms with Crippen molar-refractivity contribution >= 4 is 38.8 Å². The van der Waals surface area contributed by atoms with E-state index in [1.807, 2.05) is 0 Å². The topological polar surface area (TPSA) is 115 Å². The van der Waals surface area contributed by atoms with Crippen LogP contribution in [0.5, 0.6) is 0 Å². The van der Waals surface area contributed by atoms with Crippen LogP contribution in [-0.2, 0) is 0 Å². The van der Waals surface area contributed by atoms with Crippen LogP contribution in [0.25, 0.3) is 0 Å². The van der Waals surface area contributed by atoms with Crippen LogP contribution in [-0.4, -0.2) is 22.2 Å². The summed E-state index contributed by atoms with van der Waals surface area (Å²) >= 11 is 3.18. The minimum Gasteiger partial charge on any atom is -0.377 e. The minimum absolute atomic E-state index is 0.0764. The molecule has 118 valence electrons. The van der Waals surface area contributed by atoms with E-state index in [0.717, 1.165) is 0 Å². The van der Waals surface area contributed by atoms with E-state index < -0.39 is 9.85 Å². The third kappa shape index (κ3) is 4.10. The summed E-state index contributed by atoms with van der Waals surface area (Å²) in [5, 5.41) is 24.2. The van der Waals surface area contributed by atoms with Crippen molar-refractivity contribution in [2.24, 2.45) is 0 Å². The molecule has 0 saturated carbocycles. The van der Waals surface area contributed by atoms with Gasteiger partial charge in [0.2, 0.25) is 0 Å². The minimum atomic E-state index is -0.572. The second-order valence-corrected chi connectivity index (χ2v) is 5.36. The second kappa shape index (κ2) is 6.97. The van der Waals surface area contributed by atoms with E-state index in [1.165, 1.54) is 42.5 Å². The van der Waals surface area contributed by atoms with E-state index >= 15 is 0 Å². The highest BCUT2D eigenvalue weighted by Gasteiger charge is 2.13. The number of hydrogen-bond acceptors (Lipinski definition) is 6. The number of hydrogen-bond donors (Lipinski definition) is 1. The van der Waals surface area contributed by atoms with Crippen LogP contribution >= 0.6 is 15.9 Å². The molecule has 9 heteroatoms. The summed E-state index contributed by atoms with van der Waals surface area (Å²) in [6.07, 6.45) is 0. The number of benzene rings is 2. The molecule has 0 heterocycles. The Morgan fingerprint density at radius 1 is 1.04 bits per heavy atom. The lowest BCUT2D eigenvalue weighted by atomic mass is 10.1. The van der Waals surface area contributed by atoms with Gasteiger partial charge in [-0.15, -0.1) is 0 Å². The summed E-state index contributed by atoms with van der Waals surface area (Å²) in [4.78, 5) is 32.3. The van der Waals surface area contributed by atoms with Gasteiger partial charge in [-0.05, 0) is 22.0 Å². The number of nitrogens with one attached hydrogen (secondary N) is 1. The van der Waals surface area contributed by atoms with Crippen LogP contribution in [0.2, 0.25) is 0 Å². The highest BCUT2D eigenvalue weighted by molar-refractivity contribution is 9.10. The lowest BCUT2D eigenvalue weighted by Crippen LogP contribution is -2.14. The van der Waals surface area contributed by atoms with Crippen molar-refractivity contribution < 1.29 is 14.6 Å². The molecular formula is C14H10BrN3O5. The summed E-state index contributed by atoms with van der Waals surface area (Å²) in [5.41, 5.74) is 0.485. The zero-order chi connectivity index (χ0) is 17.0. The zero-order valence-electron chi connectivity index (χ0n) is 11.6. The molecule has 0 saturated heterocycles. The van der Waals surface area contributed by atoms with Crippen LogP contribution in [0.1, 0.15) is 10.4 Å². The van der Waals surface area contributed by atoms with Gasteiger partial charge in [-0.25, -0.2) is 0 Å². The Kier molecular flexibility index (Phi) is 5.02. The molecule has 0 aliphatic heterocycles. The summed E-state index contributed by atoms with van der Waals surface area (Å²) in [5.74, 6) is -0.334. The van der Waals surface area contributed by atoms with E-state index in [1.54, 1.807) is 0 Å². The first-order valence-corrected chi connectivity index (χ1v) is 7.13. The average Bonchev–Trinajstić information content (AvgIpc) is 2.53. The standard InChI is InChI=1S/C14H10BrN3O5/c15-12-7-11(18(22)23)4-5-13(12)16-8-14(19)9-2-1-3-10(6-9)17(20)21/h1-7,16H,8H2. The fourth-order valence-corrected chi connectivity index (χ4v) is 2.34. The van der Waals surface area contributed by atoms with Crippen molar-refractivity contribution in [3.05, 3.63) is 72.7 Å². The van der Waals surface area contributed by atoms with Gasteiger partial charge in [0.25, 0.3) is 11.4 Å². The van der Waals surface area contributed by atoms with Crippen LogP contribution in [0.15, 0.2) is 46.9 Å². The SMILES string of the molecule is O=C(CNc1ccc([N+](=O)[O-])cc1Br)c1cccc([N+](=O)[O-])c1. The molecule has 2 aromatic rings. The number of nitrogens with zero attached hydrogens (tertiary/aromatic N) is 2. The quantitative estimate of drug-likeness (QED) is 0.465. The number of carbonyl (C=O) groups is 1. The van der Waals surface area contributed by atoms with Crippen molar-refractivity contribution in [3.63, 3.8) is 0 Å². The molecule has 0 aliphatic carbocycles. The third-order valence-electron chi connectivity index (χ3n) is 2.98. The highest BCUT2D eigenvalue weighted by atomic mass is 79.9. The number of anilines is 1. The molecule has 0 amide bonds. The predicted octanol–water partition coefficient (Wildman–Crippen LogP) is 3.56. The van der Waals surface area contributed by atoms with Crippen LogP contribution in [0, 0.1) is 20.2 Å². The second-order valence-electron chi connectivity index (χ2n) is 4.51. The van der Waals surface area contributed by atoms with Gasteiger partial charge < -0.3 is 5.32 Å². The maximum absolute atomic E-state index is 12.1. The Balaban J connectivity index is 2.09. The van der Waals surface area contributed by atoms with Gasteiger partial charge in [0.15, 0.2) is 5.78 Å². The summed E-state index contributed by atoms with van der Waals surface area (Å²) < 4.78 is 0.443. The fourth-order valence-electron chi connectivity index (χ4n) is 1.83. The molecule has 1 N–H and O–H groups in total. The number of non-ortho nitro benzene ring substituents is 2. The van der Waals surface area contributed by atoms with Gasteiger partial charge in [-0.1, -0.05) is 12.1 Å². The smallest absolute Gasteiger partial charge is 0.270 e. The molecule has 0 spiro atoms. The maximum Gasteiger partial charge on any atom is 0.270 e. The number of ketones is 1. The molecule has 0 aromatic heterocycles. The van der Waals surface area contributed by atoms with E-state index in [4.69, 9.17) is 0 Å². The van der Waals surface area contributed by atoms with Crippen LogP contribution < -0.4 is 5.32 Å². The first kappa shape index (κ1) is 16.6. The molecule has 0 unspecified atom stereocenters. The number of nitro benzene ring substituents is 2. The van der Waals surface area contributed by atoms with E-state index in [0.29, 0.717) is 10.2 Å². The lowest BCUT2D eigenvalue weighted by molar-refractivity contribution is -0.385. The Morgan fingerprint density at radius 2 is 1.70 bits per heavy atom. The van der Waals surface area contributed by atoms with E-state index in [2.05, 4.69) is 21.2 Å². The Hall–Kier alpha value is -2.81. The van der Waals surface area contributed by atoms with Gasteiger partial charge in [-0.2, -0.15) is 0 Å². The number of Topliss-reactive ketones (excluding diaryl/α,β-unsaturated/α-hetero) is 1. The molecule has 8 nitrogen and oxygen atoms in total. The third-order valence-corrected chi connectivity index (χ3v) is 3.64. The van der Waals surface area contributed by atoms with Gasteiger partial charge >= 0.3 is 0 Å². The van der Waals surface area contributed by atoms with Crippen molar-refractivity contribution in [2.75, 3.05) is 11.9 Å². The zero-order valence-corrected chi connectivity index (χ0v) is 13.1. The Bertz CT molecular complexity index is 794. The summed E-state index contributed by atoms with van der Waals surface area (Å²) in [6, 6.07) is 9.54. The molecule has 2 aromatic carbocycles. The van der Waals surface area contributed by atoms with Crippen molar-refractivity contribution in [3.8, 4) is 0 Å². The number of halogens is 1. The van der Waals surface area contributed by atoms with Crippen molar-refractivity contribution in [1.29, 1.82) is 0 Å². The maximum atomic E-state index is 12.1. The predicted molar refractivity (Wildman–Crippen MR) is 86.7 cm³/mol. The first-order chi connectivity index (χ1) is 10.9. The van der Waals surface area contributed by atoms with Crippen LogP contribution in [0.4, 0.5) is 17.1 Å². The molecule has 2 rings (SSSR count). The molecular weight excluding hydrogens is 370 g/mol. The molecule has 23 heavy (non-hydrogen) atoms. The van der Waals surface area contributed by atoms with Crippen molar-refractivity contribution in [1.82, 2.24) is 0 Å². The molecule has 0 bridgehead atoms. The first-order valence-electron chi connectivity index (χ1n) is 6.34. The normalized spacial score (nSPS) is 10.1. The average molecular weight is 380 g/mol.